The second-order valence-corrected chi connectivity index (χ2v) is 2.71. The first-order valence-electron chi connectivity index (χ1n) is 3.32. The number of rotatable bonds is 0. The summed E-state index contributed by atoms with van der Waals surface area (Å²) in [6.45, 7) is 0. The smallest absolute Gasteiger partial charge is 0.0813 e. The molecular weight excluding hydrogens is 118 g/mol. The van der Waals surface area contributed by atoms with Gasteiger partial charge in [-0.3, -0.25) is 0 Å². The molecule has 0 aliphatic heterocycles. The van der Waals surface area contributed by atoms with Gasteiger partial charge in [-0.2, -0.15) is 0 Å². The Balaban J connectivity index is 2.35. The first-order chi connectivity index (χ1) is 4.20. The molecule has 0 saturated heterocycles. The van der Waals surface area contributed by atoms with Gasteiger partial charge in [-0.1, -0.05) is 0 Å². The second kappa shape index (κ2) is 2.64. The van der Waals surface area contributed by atoms with Crippen molar-refractivity contribution in [1.82, 2.24) is 0 Å². The van der Waals surface area contributed by atoms with Crippen molar-refractivity contribution in [2.45, 2.75) is 37.5 Å². The monoisotopic (exact) mass is 131 g/mol. The maximum Gasteiger partial charge on any atom is 0.0813 e. The highest BCUT2D eigenvalue weighted by Gasteiger charge is 2.24. The van der Waals surface area contributed by atoms with Crippen LogP contribution in [0.15, 0.2) is 0 Å². The summed E-state index contributed by atoms with van der Waals surface area (Å²) in [5.74, 6) is 0. The van der Waals surface area contributed by atoms with Crippen LogP contribution in [0.2, 0.25) is 0 Å². The minimum absolute atomic E-state index is 0.0865. The average molecular weight is 131 g/mol. The lowest BCUT2D eigenvalue weighted by atomic mass is 9.91. The van der Waals surface area contributed by atoms with Crippen LogP contribution < -0.4 is 5.73 Å². The number of hydrogen-bond acceptors (Lipinski definition) is 3. The topological polar surface area (TPSA) is 66.5 Å². The highest BCUT2D eigenvalue weighted by Crippen LogP contribution is 2.16. The molecule has 0 heterocycles. The Morgan fingerprint density at radius 2 is 1.78 bits per heavy atom. The van der Waals surface area contributed by atoms with Gasteiger partial charge in [-0.25, -0.2) is 0 Å². The first-order valence-corrected chi connectivity index (χ1v) is 3.32. The van der Waals surface area contributed by atoms with E-state index in [-0.39, 0.29) is 6.04 Å². The van der Waals surface area contributed by atoms with Crippen molar-refractivity contribution in [2.75, 3.05) is 0 Å². The lowest BCUT2D eigenvalue weighted by Gasteiger charge is -2.27. The molecule has 0 amide bonds. The van der Waals surface area contributed by atoms with E-state index in [1.165, 1.54) is 0 Å². The van der Waals surface area contributed by atoms with E-state index in [2.05, 4.69) is 0 Å². The number of nitrogens with two attached hydrogens (primary N) is 1. The summed E-state index contributed by atoms with van der Waals surface area (Å²) in [7, 11) is 0. The lowest BCUT2D eigenvalue weighted by molar-refractivity contribution is -0.0140. The summed E-state index contributed by atoms with van der Waals surface area (Å²) in [6.07, 6.45) is 0.889. The zero-order chi connectivity index (χ0) is 6.85. The van der Waals surface area contributed by atoms with Gasteiger partial charge in [0, 0.05) is 6.04 Å². The van der Waals surface area contributed by atoms with Crippen LogP contribution in [-0.4, -0.2) is 28.5 Å². The van der Waals surface area contributed by atoms with Crippen molar-refractivity contribution in [1.29, 1.82) is 0 Å². The molecule has 0 bridgehead atoms. The molecule has 9 heavy (non-hydrogen) atoms. The molecular formula is C6H13NO2. The van der Waals surface area contributed by atoms with Crippen LogP contribution in [-0.2, 0) is 0 Å². The molecule has 0 radical (unpaired) electrons. The molecule has 1 rings (SSSR count). The SMILES string of the molecule is N[C@H]1CC[C@@H](O)[C@H](O)C1. The highest BCUT2D eigenvalue weighted by atomic mass is 16.3. The maximum absolute atomic E-state index is 9.02. The summed E-state index contributed by atoms with van der Waals surface area (Å²) in [6, 6.07) is 0.0865. The van der Waals surface area contributed by atoms with Crippen LogP contribution in [0.5, 0.6) is 0 Å². The van der Waals surface area contributed by atoms with Crippen molar-refractivity contribution >= 4 is 0 Å². The van der Waals surface area contributed by atoms with Gasteiger partial charge in [0.2, 0.25) is 0 Å². The Morgan fingerprint density at radius 3 is 2.22 bits per heavy atom. The number of aliphatic hydroxyl groups excluding tert-OH is 2. The summed E-state index contributed by atoms with van der Waals surface area (Å²) < 4.78 is 0. The fourth-order valence-electron chi connectivity index (χ4n) is 1.16. The zero-order valence-corrected chi connectivity index (χ0v) is 5.33. The van der Waals surface area contributed by atoms with Gasteiger partial charge < -0.3 is 15.9 Å². The minimum Gasteiger partial charge on any atom is -0.390 e. The van der Waals surface area contributed by atoms with Crippen molar-refractivity contribution in [3.05, 3.63) is 0 Å². The van der Waals surface area contributed by atoms with Crippen LogP contribution in [0.1, 0.15) is 19.3 Å². The highest BCUT2D eigenvalue weighted by molar-refractivity contribution is 4.80. The Bertz CT molecular complexity index is 97.1. The first kappa shape index (κ1) is 6.99. The third-order valence-corrected chi connectivity index (χ3v) is 1.82. The molecule has 3 heteroatoms. The van der Waals surface area contributed by atoms with Crippen LogP contribution in [0.4, 0.5) is 0 Å². The van der Waals surface area contributed by atoms with Gasteiger partial charge in [0.05, 0.1) is 12.2 Å². The van der Waals surface area contributed by atoms with Gasteiger partial charge in [0.1, 0.15) is 0 Å². The molecule has 1 fully saturated rings. The van der Waals surface area contributed by atoms with Crippen molar-refractivity contribution in [3.8, 4) is 0 Å². The predicted molar refractivity (Wildman–Crippen MR) is 33.8 cm³/mol. The number of hydrogen-bond donors (Lipinski definition) is 3. The Hall–Kier alpha value is -0.120. The number of aliphatic hydroxyl groups is 2. The van der Waals surface area contributed by atoms with Crippen LogP contribution in [0.3, 0.4) is 0 Å². The van der Waals surface area contributed by atoms with E-state index in [1.807, 2.05) is 0 Å². The van der Waals surface area contributed by atoms with Crippen molar-refractivity contribution in [2.24, 2.45) is 5.73 Å². The van der Waals surface area contributed by atoms with Gasteiger partial charge in [-0.05, 0) is 19.3 Å². The fourth-order valence-corrected chi connectivity index (χ4v) is 1.16. The average Bonchev–Trinajstić information content (AvgIpc) is 1.80. The quantitative estimate of drug-likeness (QED) is 0.404. The molecule has 3 nitrogen and oxygen atoms in total. The molecule has 1 saturated carbocycles. The van der Waals surface area contributed by atoms with Crippen LogP contribution >= 0.6 is 0 Å². The van der Waals surface area contributed by atoms with Crippen LogP contribution in [0, 0.1) is 0 Å². The molecule has 0 aromatic rings. The van der Waals surface area contributed by atoms with Gasteiger partial charge in [0.25, 0.3) is 0 Å². The third-order valence-electron chi connectivity index (χ3n) is 1.82. The van der Waals surface area contributed by atoms with E-state index in [0.29, 0.717) is 12.8 Å². The molecule has 0 unspecified atom stereocenters. The van der Waals surface area contributed by atoms with Crippen molar-refractivity contribution in [3.63, 3.8) is 0 Å². The zero-order valence-electron chi connectivity index (χ0n) is 5.33. The van der Waals surface area contributed by atoms with E-state index in [9.17, 15) is 0 Å². The van der Waals surface area contributed by atoms with E-state index >= 15 is 0 Å². The largest absolute Gasteiger partial charge is 0.390 e. The van der Waals surface area contributed by atoms with E-state index < -0.39 is 12.2 Å². The minimum atomic E-state index is -0.589. The summed E-state index contributed by atoms with van der Waals surface area (Å²) in [5, 5.41) is 18.0. The standard InChI is InChI=1S/C6H13NO2/c7-4-1-2-5(8)6(9)3-4/h4-6,8-9H,1-3,7H2/t4-,5+,6+/m0/s1. The second-order valence-electron chi connectivity index (χ2n) is 2.71. The predicted octanol–water partition coefficient (Wildman–Crippen LogP) is -0.781. The molecule has 54 valence electrons. The van der Waals surface area contributed by atoms with E-state index in [1.54, 1.807) is 0 Å². The van der Waals surface area contributed by atoms with E-state index in [4.69, 9.17) is 15.9 Å². The van der Waals surface area contributed by atoms with Gasteiger partial charge in [-0.15, -0.1) is 0 Å². The normalized spacial score (nSPS) is 45.0. The molecule has 0 spiro atoms. The molecule has 1 aliphatic rings. The van der Waals surface area contributed by atoms with Gasteiger partial charge in [0.15, 0.2) is 0 Å². The van der Waals surface area contributed by atoms with Gasteiger partial charge >= 0.3 is 0 Å². The van der Waals surface area contributed by atoms with E-state index in [0.717, 1.165) is 6.42 Å². The summed E-state index contributed by atoms with van der Waals surface area (Å²) in [5.41, 5.74) is 5.52. The molecule has 0 aromatic heterocycles. The van der Waals surface area contributed by atoms with Crippen molar-refractivity contribution < 1.29 is 10.2 Å². The molecule has 0 aromatic carbocycles. The lowest BCUT2D eigenvalue weighted by Crippen LogP contribution is -2.39. The summed E-state index contributed by atoms with van der Waals surface area (Å²) in [4.78, 5) is 0. The molecule has 3 atom stereocenters. The third kappa shape index (κ3) is 1.64. The molecule has 1 aliphatic carbocycles. The Morgan fingerprint density at radius 1 is 1.11 bits per heavy atom. The fraction of sp³-hybridized carbons (Fsp3) is 1.00. The van der Waals surface area contributed by atoms with Crippen LogP contribution in [0.25, 0.3) is 0 Å². The maximum atomic E-state index is 9.02. The Labute approximate surface area is 54.5 Å². The summed E-state index contributed by atoms with van der Waals surface area (Å²) >= 11 is 0. The molecule has 4 N–H and O–H groups in total. The Kier molecular flexibility index (Phi) is 2.05.